The van der Waals surface area contributed by atoms with Gasteiger partial charge in [0.05, 0.1) is 21.8 Å². The van der Waals surface area contributed by atoms with Gasteiger partial charge in [0.2, 0.25) is 0 Å². The maximum Gasteiger partial charge on any atom is 0.252 e. The van der Waals surface area contributed by atoms with Gasteiger partial charge in [-0.3, -0.25) is 4.90 Å². The van der Waals surface area contributed by atoms with Gasteiger partial charge in [0.15, 0.2) is 5.76 Å². The molecule has 214 valence electrons. The molecule has 0 saturated carbocycles. The van der Waals surface area contributed by atoms with Crippen molar-refractivity contribution in [1.29, 1.82) is 0 Å². The van der Waals surface area contributed by atoms with Gasteiger partial charge in [-0.25, -0.2) is 18.4 Å². The Kier molecular flexibility index (Phi) is 7.36. The molecule has 13 heteroatoms. The number of benzene rings is 1. The number of thiophene rings is 1. The van der Waals surface area contributed by atoms with E-state index < -0.39 is 10.0 Å². The smallest absolute Gasteiger partial charge is 0.252 e. The summed E-state index contributed by atoms with van der Waals surface area (Å²) in [7, 11) is -3.58. The standard InChI is InChI=1S/C28H31N7O4S2/c1-17-14-23(39-32-17)24-8-9-25(40-24)41(36,37)35-12-10-34(11-13-35)15-18(2)31-28-22-7-5-6-21(27(22)29-16-30-28)26-19(3)33-38-20(26)4/h5-9,14,16,18H,10-13,15H2,1-4H3,(H,29,30,31). The van der Waals surface area contributed by atoms with Gasteiger partial charge in [0.1, 0.15) is 22.1 Å². The summed E-state index contributed by atoms with van der Waals surface area (Å²) in [6.07, 6.45) is 1.57. The Balaban J connectivity index is 1.10. The molecule has 1 N–H and O–H groups in total. The molecule has 1 aliphatic heterocycles. The molecule has 1 saturated heterocycles. The molecule has 41 heavy (non-hydrogen) atoms. The lowest BCUT2D eigenvalue weighted by Gasteiger charge is -2.35. The van der Waals surface area contributed by atoms with Crippen molar-refractivity contribution in [2.75, 3.05) is 38.0 Å². The molecule has 0 radical (unpaired) electrons. The van der Waals surface area contributed by atoms with Crippen LogP contribution in [0.25, 0.3) is 32.7 Å². The molecule has 1 unspecified atom stereocenters. The number of fused-ring (bicyclic) bond motifs is 1. The summed E-state index contributed by atoms with van der Waals surface area (Å²) in [5, 5.41) is 12.5. The molecule has 1 atom stereocenters. The van der Waals surface area contributed by atoms with Crippen LogP contribution in [0.5, 0.6) is 0 Å². The number of hydrogen-bond acceptors (Lipinski definition) is 11. The first-order valence-corrected chi connectivity index (χ1v) is 15.7. The summed E-state index contributed by atoms with van der Waals surface area (Å²) in [6, 6.07) is 11.3. The molecule has 0 aliphatic carbocycles. The number of hydrogen-bond donors (Lipinski definition) is 1. The van der Waals surface area contributed by atoms with Crippen LogP contribution in [-0.4, -0.2) is 76.7 Å². The second kappa shape index (κ2) is 11.0. The fraction of sp³-hybridized carbons (Fsp3) is 0.357. The molecule has 1 aromatic carbocycles. The Hall–Kier alpha value is -3.65. The van der Waals surface area contributed by atoms with E-state index in [1.807, 2.05) is 39.0 Å². The summed E-state index contributed by atoms with van der Waals surface area (Å²) in [5.74, 6) is 2.09. The predicted molar refractivity (Wildman–Crippen MR) is 157 cm³/mol. The molecule has 0 bridgehead atoms. The van der Waals surface area contributed by atoms with E-state index in [-0.39, 0.29) is 6.04 Å². The van der Waals surface area contributed by atoms with Gasteiger partial charge in [0, 0.05) is 61.3 Å². The van der Waals surface area contributed by atoms with Crippen molar-refractivity contribution >= 4 is 38.1 Å². The zero-order chi connectivity index (χ0) is 28.7. The average Bonchev–Trinajstić information content (AvgIpc) is 3.69. The number of sulfonamides is 1. The van der Waals surface area contributed by atoms with Crippen molar-refractivity contribution in [3.05, 3.63) is 59.9 Å². The Morgan fingerprint density at radius 3 is 2.54 bits per heavy atom. The van der Waals surface area contributed by atoms with Crippen LogP contribution in [-0.2, 0) is 10.0 Å². The predicted octanol–water partition coefficient (Wildman–Crippen LogP) is 4.73. The molecule has 5 heterocycles. The van der Waals surface area contributed by atoms with Gasteiger partial charge in [-0.05, 0) is 45.9 Å². The first kappa shape index (κ1) is 27.5. The normalized spacial score (nSPS) is 15.9. The second-order valence-electron chi connectivity index (χ2n) is 10.3. The van der Waals surface area contributed by atoms with E-state index in [9.17, 15) is 8.42 Å². The Bertz CT molecular complexity index is 1780. The van der Waals surface area contributed by atoms with Gasteiger partial charge in [-0.2, -0.15) is 4.31 Å². The first-order valence-electron chi connectivity index (χ1n) is 13.4. The Labute approximate surface area is 242 Å². The minimum absolute atomic E-state index is 0.0733. The minimum atomic E-state index is -3.58. The van der Waals surface area contributed by atoms with E-state index in [0.29, 0.717) is 36.1 Å². The third kappa shape index (κ3) is 5.37. The summed E-state index contributed by atoms with van der Waals surface area (Å²) in [6.45, 7) is 10.7. The van der Waals surface area contributed by atoms with E-state index in [2.05, 4.69) is 37.4 Å². The van der Waals surface area contributed by atoms with Crippen LogP contribution in [0.1, 0.15) is 24.1 Å². The highest BCUT2D eigenvalue weighted by atomic mass is 32.2. The number of anilines is 1. The largest absolute Gasteiger partial charge is 0.366 e. The number of nitrogens with zero attached hydrogens (tertiary/aromatic N) is 6. The molecule has 11 nitrogen and oxygen atoms in total. The lowest BCUT2D eigenvalue weighted by atomic mass is 10.0. The van der Waals surface area contributed by atoms with Crippen LogP contribution in [0.15, 0.2) is 56.0 Å². The van der Waals surface area contributed by atoms with Crippen LogP contribution in [0.4, 0.5) is 5.82 Å². The quantitative estimate of drug-likeness (QED) is 0.269. The first-order chi connectivity index (χ1) is 19.7. The van der Waals surface area contributed by atoms with Gasteiger partial charge >= 0.3 is 0 Å². The number of aromatic nitrogens is 4. The van der Waals surface area contributed by atoms with Crippen molar-refractivity contribution in [1.82, 2.24) is 29.5 Å². The number of nitrogens with one attached hydrogen (secondary N) is 1. The SMILES string of the molecule is Cc1cc(-c2ccc(S(=O)(=O)N3CCN(CC(C)Nc4ncnc5c(-c6c(C)noc6C)cccc45)CC3)s2)on1. The number of aryl methyl sites for hydroxylation is 3. The molecular weight excluding hydrogens is 562 g/mol. The summed E-state index contributed by atoms with van der Waals surface area (Å²) < 4.78 is 39.2. The van der Waals surface area contributed by atoms with Gasteiger partial charge in [-0.1, -0.05) is 22.4 Å². The van der Waals surface area contributed by atoms with E-state index in [4.69, 9.17) is 9.05 Å². The maximum atomic E-state index is 13.3. The highest BCUT2D eigenvalue weighted by Crippen LogP contribution is 2.35. The maximum absolute atomic E-state index is 13.3. The number of para-hydroxylation sites is 1. The van der Waals surface area contributed by atoms with Crippen LogP contribution in [0.2, 0.25) is 0 Å². The topological polar surface area (TPSA) is 130 Å². The summed E-state index contributed by atoms with van der Waals surface area (Å²) in [4.78, 5) is 12.1. The highest BCUT2D eigenvalue weighted by Gasteiger charge is 2.30. The van der Waals surface area contributed by atoms with Gasteiger partial charge in [-0.15, -0.1) is 11.3 Å². The number of rotatable bonds is 8. The van der Waals surface area contributed by atoms with Crippen LogP contribution in [0, 0.1) is 20.8 Å². The summed E-state index contributed by atoms with van der Waals surface area (Å²) in [5.41, 5.74) is 4.32. The van der Waals surface area contributed by atoms with E-state index in [0.717, 1.165) is 56.4 Å². The highest BCUT2D eigenvalue weighted by molar-refractivity contribution is 7.91. The van der Waals surface area contributed by atoms with Crippen molar-refractivity contribution in [2.45, 2.75) is 37.9 Å². The Morgan fingerprint density at radius 1 is 1.02 bits per heavy atom. The van der Waals surface area contributed by atoms with E-state index >= 15 is 0 Å². The summed E-state index contributed by atoms with van der Waals surface area (Å²) >= 11 is 1.21. The zero-order valence-electron chi connectivity index (χ0n) is 23.3. The lowest BCUT2D eigenvalue weighted by molar-refractivity contribution is 0.184. The molecule has 6 rings (SSSR count). The third-order valence-corrected chi connectivity index (χ3v) is 10.7. The molecule has 0 amide bonds. The van der Waals surface area contributed by atoms with E-state index in [1.165, 1.54) is 11.3 Å². The van der Waals surface area contributed by atoms with Crippen LogP contribution < -0.4 is 5.32 Å². The zero-order valence-corrected chi connectivity index (χ0v) is 24.9. The second-order valence-corrected chi connectivity index (χ2v) is 13.6. The minimum Gasteiger partial charge on any atom is -0.366 e. The molecule has 5 aromatic rings. The molecular formula is C28H31N7O4S2. The third-order valence-electron chi connectivity index (χ3n) is 7.26. The number of piperazine rings is 1. The van der Waals surface area contributed by atoms with Crippen LogP contribution in [0.3, 0.4) is 0 Å². The van der Waals surface area contributed by atoms with Crippen LogP contribution >= 0.6 is 11.3 Å². The van der Waals surface area contributed by atoms with Gasteiger partial charge in [0.25, 0.3) is 10.0 Å². The monoisotopic (exact) mass is 593 g/mol. The van der Waals surface area contributed by atoms with Crippen molar-refractivity contribution in [3.63, 3.8) is 0 Å². The van der Waals surface area contributed by atoms with Crippen molar-refractivity contribution < 1.29 is 17.5 Å². The van der Waals surface area contributed by atoms with Crippen molar-refractivity contribution in [2.24, 2.45) is 0 Å². The fourth-order valence-electron chi connectivity index (χ4n) is 5.29. The van der Waals surface area contributed by atoms with Crippen molar-refractivity contribution in [3.8, 4) is 21.8 Å². The Morgan fingerprint density at radius 2 is 1.83 bits per heavy atom. The average molecular weight is 594 g/mol. The van der Waals surface area contributed by atoms with Gasteiger partial charge < -0.3 is 14.4 Å². The fourth-order valence-corrected chi connectivity index (χ4v) is 8.12. The molecule has 0 spiro atoms. The van der Waals surface area contributed by atoms with E-state index in [1.54, 1.807) is 28.8 Å². The molecule has 1 fully saturated rings. The lowest BCUT2D eigenvalue weighted by Crippen LogP contribution is -2.50. The molecule has 4 aromatic heterocycles. The molecule has 1 aliphatic rings.